The van der Waals surface area contributed by atoms with Crippen molar-refractivity contribution in [2.45, 2.75) is 25.3 Å². The van der Waals surface area contributed by atoms with Gasteiger partial charge >= 0.3 is 0 Å². The van der Waals surface area contributed by atoms with E-state index in [9.17, 15) is 8.42 Å². The Balaban J connectivity index is 2.17. The molecule has 0 aromatic heterocycles. The Morgan fingerprint density at radius 3 is 2.38 bits per heavy atom. The van der Waals surface area contributed by atoms with Gasteiger partial charge in [-0.05, 0) is 30.4 Å². The predicted octanol–water partition coefficient (Wildman–Crippen LogP) is 1.61. The zero-order chi connectivity index (χ0) is 11.8. The Bertz CT molecular complexity index is 462. The maximum absolute atomic E-state index is 11.4. The van der Waals surface area contributed by atoms with Crippen LogP contribution in [0.3, 0.4) is 0 Å². The molecule has 1 heterocycles. The molecular formula is C12H17NO2S. The fourth-order valence-corrected chi connectivity index (χ4v) is 3.91. The Kier molecular flexibility index (Phi) is 3.04. The van der Waals surface area contributed by atoms with Crippen LogP contribution in [0.1, 0.15) is 36.4 Å². The summed E-state index contributed by atoms with van der Waals surface area (Å²) in [7, 11) is -2.79. The number of hydrogen-bond acceptors (Lipinski definition) is 3. The molecule has 1 saturated heterocycles. The van der Waals surface area contributed by atoms with Crippen molar-refractivity contribution < 1.29 is 8.42 Å². The van der Waals surface area contributed by atoms with Crippen LogP contribution in [0.15, 0.2) is 24.3 Å². The van der Waals surface area contributed by atoms with Gasteiger partial charge < -0.3 is 5.73 Å². The molecule has 1 aliphatic rings. The van der Waals surface area contributed by atoms with Gasteiger partial charge in [-0.1, -0.05) is 24.3 Å². The van der Waals surface area contributed by atoms with Gasteiger partial charge in [0, 0.05) is 6.04 Å². The van der Waals surface area contributed by atoms with E-state index in [0.29, 0.717) is 11.5 Å². The molecule has 2 N–H and O–H groups in total. The molecule has 16 heavy (non-hydrogen) atoms. The Labute approximate surface area is 96.6 Å². The second-order valence-electron chi connectivity index (χ2n) is 4.56. The predicted molar refractivity (Wildman–Crippen MR) is 65.1 cm³/mol. The van der Waals surface area contributed by atoms with Crippen molar-refractivity contribution in [3.05, 3.63) is 35.4 Å². The highest BCUT2D eigenvalue weighted by atomic mass is 32.2. The molecule has 2 unspecified atom stereocenters. The first kappa shape index (κ1) is 11.6. The summed E-state index contributed by atoms with van der Waals surface area (Å²) < 4.78 is 22.7. The van der Waals surface area contributed by atoms with Crippen LogP contribution >= 0.6 is 0 Å². The van der Waals surface area contributed by atoms with Crippen LogP contribution < -0.4 is 5.73 Å². The van der Waals surface area contributed by atoms with E-state index in [1.807, 2.05) is 31.2 Å². The van der Waals surface area contributed by atoms with E-state index in [1.54, 1.807) is 0 Å². The third-order valence-electron chi connectivity index (χ3n) is 3.17. The smallest absolute Gasteiger partial charge is 0.150 e. The fraction of sp³-hybridized carbons (Fsp3) is 0.500. The third kappa shape index (κ3) is 2.44. The van der Waals surface area contributed by atoms with Crippen LogP contribution in [-0.2, 0) is 9.84 Å². The molecule has 3 nitrogen and oxygen atoms in total. The van der Waals surface area contributed by atoms with E-state index in [4.69, 9.17) is 5.73 Å². The largest absolute Gasteiger partial charge is 0.324 e. The maximum atomic E-state index is 11.4. The lowest BCUT2D eigenvalue weighted by atomic mass is 9.96. The van der Waals surface area contributed by atoms with Gasteiger partial charge in [0.1, 0.15) is 0 Å². The Morgan fingerprint density at radius 2 is 1.94 bits per heavy atom. The molecular weight excluding hydrogens is 222 g/mol. The quantitative estimate of drug-likeness (QED) is 0.853. The van der Waals surface area contributed by atoms with E-state index in [0.717, 1.165) is 17.5 Å². The van der Waals surface area contributed by atoms with Crippen molar-refractivity contribution in [1.29, 1.82) is 0 Å². The van der Waals surface area contributed by atoms with Crippen molar-refractivity contribution in [2.75, 3.05) is 11.5 Å². The van der Waals surface area contributed by atoms with E-state index in [2.05, 4.69) is 0 Å². The number of rotatable bonds is 2. The highest BCUT2D eigenvalue weighted by Gasteiger charge is 2.28. The van der Waals surface area contributed by atoms with Crippen LogP contribution in [0.2, 0.25) is 0 Å². The lowest BCUT2D eigenvalue weighted by Crippen LogP contribution is -2.06. The van der Waals surface area contributed by atoms with E-state index < -0.39 is 9.84 Å². The molecule has 0 spiro atoms. The van der Waals surface area contributed by atoms with E-state index in [-0.39, 0.29) is 12.0 Å². The first-order valence-electron chi connectivity index (χ1n) is 5.54. The van der Waals surface area contributed by atoms with Crippen LogP contribution in [0.25, 0.3) is 0 Å². The second-order valence-corrected chi connectivity index (χ2v) is 6.78. The molecule has 0 aliphatic carbocycles. The molecule has 0 bridgehead atoms. The normalized spacial score (nSPS) is 25.5. The van der Waals surface area contributed by atoms with Gasteiger partial charge in [0.15, 0.2) is 9.84 Å². The van der Waals surface area contributed by atoms with Crippen molar-refractivity contribution >= 4 is 9.84 Å². The number of hydrogen-bond donors (Lipinski definition) is 1. The van der Waals surface area contributed by atoms with Crippen molar-refractivity contribution in [3.8, 4) is 0 Å². The maximum Gasteiger partial charge on any atom is 0.150 e. The minimum absolute atomic E-state index is 0.0290. The zero-order valence-corrected chi connectivity index (χ0v) is 10.2. The molecule has 1 aromatic carbocycles. The highest BCUT2D eigenvalue weighted by Crippen LogP contribution is 2.29. The lowest BCUT2D eigenvalue weighted by Gasteiger charge is -2.10. The minimum atomic E-state index is -2.79. The number of nitrogens with two attached hydrogens (primary N) is 1. The summed E-state index contributed by atoms with van der Waals surface area (Å²) in [5.74, 6) is 0.796. The number of sulfone groups is 1. The van der Waals surface area contributed by atoms with Crippen molar-refractivity contribution in [3.63, 3.8) is 0 Å². The second kappa shape index (κ2) is 4.18. The van der Waals surface area contributed by atoms with Crippen LogP contribution in [0.4, 0.5) is 0 Å². The molecule has 1 aromatic rings. The molecule has 0 amide bonds. The van der Waals surface area contributed by atoms with Gasteiger partial charge in [-0.2, -0.15) is 0 Å². The van der Waals surface area contributed by atoms with Gasteiger partial charge in [0.25, 0.3) is 0 Å². The summed E-state index contributed by atoms with van der Waals surface area (Å²) in [6, 6.07) is 8.02. The molecule has 2 atom stereocenters. The Morgan fingerprint density at radius 1 is 1.31 bits per heavy atom. The fourth-order valence-electron chi connectivity index (χ4n) is 2.13. The van der Waals surface area contributed by atoms with Crippen molar-refractivity contribution in [1.82, 2.24) is 0 Å². The lowest BCUT2D eigenvalue weighted by molar-refractivity contribution is 0.601. The summed E-state index contributed by atoms with van der Waals surface area (Å²) in [5.41, 5.74) is 7.97. The molecule has 1 fully saturated rings. The summed E-state index contributed by atoms with van der Waals surface area (Å²) in [4.78, 5) is 0. The van der Waals surface area contributed by atoms with Gasteiger partial charge in [0.2, 0.25) is 0 Å². The van der Waals surface area contributed by atoms with Gasteiger partial charge in [-0.25, -0.2) is 8.42 Å². The van der Waals surface area contributed by atoms with E-state index in [1.165, 1.54) is 0 Å². The van der Waals surface area contributed by atoms with Crippen LogP contribution in [-0.4, -0.2) is 19.9 Å². The monoisotopic (exact) mass is 239 g/mol. The summed E-state index contributed by atoms with van der Waals surface area (Å²) in [5, 5.41) is 0. The molecule has 1 aliphatic heterocycles. The summed E-state index contributed by atoms with van der Waals surface area (Å²) in [6.07, 6.45) is 0.750. The molecule has 0 radical (unpaired) electrons. The minimum Gasteiger partial charge on any atom is -0.324 e. The summed E-state index contributed by atoms with van der Waals surface area (Å²) in [6.45, 7) is 1.94. The van der Waals surface area contributed by atoms with Gasteiger partial charge in [0.05, 0.1) is 11.5 Å². The van der Waals surface area contributed by atoms with Gasteiger partial charge in [-0.15, -0.1) is 0 Å². The highest BCUT2D eigenvalue weighted by molar-refractivity contribution is 7.91. The number of benzene rings is 1. The van der Waals surface area contributed by atoms with Gasteiger partial charge in [-0.3, -0.25) is 0 Å². The first-order valence-corrected chi connectivity index (χ1v) is 7.36. The topological polar surface area (TPSA) is 60.2 Å². The SMILES string of the molecule is CC(N)c1ccc(C2CCS(=O)(=O)C2)cc1. The summed E-state index contributed by atoms with van der Waals surface area (Å²) >= 11 is 0. The molecule has 0 saturated carbocycles. The standard InChI is InChI=1S/C12H17NO2S/c1-9(13)10-2-4-11(5-3-10)12-6-7-16(14,15)8-12/h2-5,9,12H,6-8,13H2,1H3. The van der Waals surface area contributed by atoms with Crippen molar-refractivity contribution in [2.24, 2.45) is 5.73 Å². The zero-order valence-electron chi connectivity index (χ0n) is 9.39. The van der Waals surface area contributed by atoms with E-state index >= 15 is 0 Å². The average molecular weight is 239 g/mol. The first-order chi connectivity index (χ1) is 7.48. The molecule has 2 rings (SSSR count). The molecule has 88 valence electrons. The van der Waals surface area contributed by atoms with Crippen LogP contribution in [0.5, 0.6) is 0 Å². The van der Waals surface area contributed by atoms with Crippen LogP contribution in [0, 0.1) is 0 Å². The average Bonchev–Trinajstić information content (AvgIpc) is 2.59. The Hall–Kier alpha value is -0.870. The third-order valence-corrected chi connectivity index (χ3v) is 4.93. The molecule has 4 heteroatoms.